The lowest BCUT2D eigenvalue weighted by atomic mass is 10.2. The number of thiophene rings is 1. The fourth-order valence-electron chi connectivity index (χ4n) is 2.27. The van der Waals surface area contributed by atoms with Gasteiger partial charge in [-0.05, 0) is 23.8 Å². The van der Waals surface area contributed by atoms with Crippen LogP contribution in [0.1, 0.15) is 15.9 Å². The maximum Gasteiger partial charge on any atom is 0.271 e. The Morgan fingerprint density at radius 2 is 1.83 bits per heavy atom. The Bertz CT molecular complexity index is 845. The first-order chi connectivity index (χ1) is 11.1. The predicted molar refractivity (Wildman–Crippen MR) is 98.1 cm³/mol. The maximum absolute atomic E-state index is 12.6. The van der Waals surface area contributed by atoms with E-state index in [1.54, 1.807) is 0 Å². The molecule has 1 aromatic heterocycles. The molecule has 1 heterocycles. The molecule has 0 fully saturated rings. The second-order valence-corrected chi connectivity index (χ2v) is 6.33. The van der Waals surface area contributed by atoms with Crippen LogP contribution >= 0.6 is 23.6 Å². The van der Waals surface area contributed by atoms with Crippen molar-refractivity contribution in [2.75, 3.05) is 0 Å². The van der Waals surface area contributed by atoms with E-state index in [-0.39, 0.29) is 11.0 Å². The summed E-state index contributed by atoms with van der Waals surface area (Å²) in [6, 6.07) is 17.5. The molecule has 23 heavy (non-hydrogen) atoms. The minimum atomic E-state index is -0.216. The molecule has 116 valence electrons. The Hall–Kier alpha value is -2.44. The lowest BCUT2D eigenvalue weighted by Crippen LogP contribution is -2.48. The van der Waals surface area contributed by atoms with Crippen LogP contribution in [0.2, 0.25) is 0 Å². The molecular weight excluding hydrogens is 326 g/mol. The van der Waals surface area contributed by atoms with Crippen LogP contribution in [0.5, 0.6) is 0 Å². The number of hydrazine groups is 1. The Morgan fingerprint density at radius 3 is 2.57 bits per heavy atom. The highest BCUT2D eigenvalue weighted by Crippen LogP contribution is 2.25. The van der Waals surface area contributed by atoms with Crippen LogP contribution in [-0.2, 0) is 6.54 Å². The molecule has 0 spiro atoms. The molecule has 0 aliphatic heterocycles. The third-order valence-corrected chi connectivity index (χ3v) is 4.60. The molecule has 2 aromatic carbocycles. The van der Waals surface area contributed by atoms with Gasteiger partial charge in [-0.1, -0.05) is 48.5 Å². The standard InChI is InChI=1S/C17H15N3OS2/c18-17(22)20(10-12-6-2-1-3-7-12)19-16(21)14-11-23-15-9-5-4-8-13(14)15/h1-9,11H,10H2,(H2,18,22)(H,19,21). The van der Waals surface area contributed by atoms with E-state index in [1.165, 1.54) is 16.3 Å². The largest absolute Gasteiger partial charge is 0.375 e. The van der Waals surface area contributed by atoms with Crippen molar-refractivity contribution in [1.29, 1.82) is 0 Å². The van der Waals surface area contributed by atoms with Crippen LogP contribution in [-0.4, -0.2) is 16.0 Å². The molecule has 1 amide bonds. The maximum atomic E-state index is 12.6. The van der Waals surface area contributed by atoms with Crippen molar-refractivity contribution in [1.82, 2.24) is 10.4 Å². The summed E-state index contributed by atoms with van der Waals surface area (Å²) in [4.78, 5) is 12.6. The number of thiocarbonyl (C=S) groups is 1. The van der Waals surface area contributed by atoms with Crippen molar-refractivity contribution >= 4 is 44.7 Å². The van der Waals surface area contributed by atoms with Crippen molar-refractivity contribution in [3.8, 4) is 0 Å². The molecule has 0 aliphatic carbocycles. The highest BCUT2D eigenvalue weighted by atomic mass is 32.1. The Labute approximate surface area is 143 Å². The number of nitrogens with zero attached hydrogens (tertiary/aromatic N) is 1. The van der Waals surface area contributed by atoms with Crippen LogP contribution in [0.4, 0.5) is 0 Å². The topological polar surface area (TPSA) is 58.4 Å². The number of amides is 1. The van der Waals surface area contributed by atoms with Gasteiger partial charge in [-0.25, -0.2) is 0 Å². The Kier molecular flexibility index (Phi) is 4.55. The number of rotatable bonds is 3. The number of hydrogen-bond donors (Lipinski definition) is 2. The molecule has 3 rings (SSSR count). The minimum Gasteiger partial charge on any atom is -0.375 e. The average molecular weight is 341 g/mol. The highest BCUT2D eigenvalue weighted by Gasteiger charge is 2.16. The monoisotopic (exact) mass is 341 g/mol. The van der Waals surface area contributed by atoms with E-state index >= 15 is 0 Å². The lowest BCUT2D eigenvalue weighted by Gasteiger charge is -2.23. The second-order valence-electron chi connectivity index (χ2n) is 5.00. The molecule has 3 aromatic rings. The van der Waals surface area contributed by atoms with E-state index in [4.69, 9.17) is 18.0 Å². The molecule has 4 nitrogen and oxygen atoms in total. The first kappa shape index (κ1) is 15.5. The van der Waals surface area contributed by atoms with Crippen molar-refractivity contribution < 1.29 is 4.79 Å². The smallest absolute Gasteiger partial charge is 0.271 e. The normalized spacial score (nSPS) is 10.4. The van der Waals surface area contributed by atoms with E-state index in [2.05, 4.69) is 5.43 Å². The molecule has 0 aliphatic rings. The zero-order valence-electron chi connectivity index (χ0n) is 12.2. The fraction of sp³-hybridized carbons (Fsp3) is 0.0588. The summed E-state index contributed by atoms with van der Waals surface area (Å²) < 4.78 is 1.07. The van der Waals surface area contributed by atoms with Gasteiger partial charge in [-0.15, -0.1) is 11.3 Å². The Morgan fingerprint density at radius 1 is 1.13 bits per heavy atom. The van der Waals surface area contributed by atoms with Gasteiger partial charge in [0.05, 0.1) is 12.1 Å². The molecular formula is C17H15N3OS2. The molecule has 0 bridgehead atoms. The van der Waals surface area contributed by atoms with E-state index in [9.17, 15) is 4.79 Å². The van der Waals surface area contributed by atoms with E-state index in [1.807, 2.05) is 60.0 Å². The number of hydrogen-bond acceptors (Lipinski definition) is 3. The number of benzene rings is 2. The number of nitrogens with one attached hydrogen (secondary N) is 1. The van der Waals surface area contributed by atoms with E-state index in [0.29, 0.717) is 12.1 Å². The van der Waals surface area contributed by atoms with Crippen molar-refractivity contribution in [2.24, 2.45) is 5.73 Å². The number of fused-ring (bicyclic) bond motifs is 1. The fourth-order valence-corrected chi connectivity index (χ4v) is 3.33. The van der Waals surface area contributed by atoms with Gasteiger partial charge in [0.1, 0.15) is 0 Å². The van der Waals surface area contributed by atoms with Gasteiger partial charge in [0, 0.05) is 15.5 Å². The predicted octanol–water partition coefficient (Wildman–Crippen LogP) is 3.29. The molecule has 0 atom stereocenters. The summed E-state index contributed by atoms with van der Waals surface area (Å²) in [5, 5.41) is 4.39. The van der Waals surface area contributed by atoms with Gasteiger partial charge < -0.3 is 5.73 Å². The van der Waals surface area contributed by atoms with Crippen LogP contribution in [0.25, 0.3) is 10.1 Å². The van der Waals surface area contributed by atoms with E-state index < -0.39 is 0 Å². The van der Waals surface area contributed by atoms with Gasteiger partial charge in [0.25, 0.3) is 5.91 Å². The zero-order valence-corrected chi connectivity index (χ0v) is 13.9. The molecule has 0 radical (unpaired) electrons. The minimum absolute atomic E-state index is 0.127. The summed E-state index contributed by atoms with van der Waals surface area (Å²) >= 11 is 6.59. The van der Waals surface area contributed by atoms with Gasteiger partial charge in [-0.2, -0.15) is 0 Å². The Balaban J connectivity index is 1.80. The average Bonchev–Trinajstić information content (AvgIpc) is 2.99. The third kappa shape index (κ3) is 3.49. The van der Waals surface area contributed by atoms with Gasteiger partial charge >= 0.3 is 0 Å². The van der Waals surface area contributed by atoms with Crippen molar-refractivity contribution in [3.05, 3.63) is 71.1 Å². The van der Waals surface area contributed by atoms with Crippen LogP contribution in [0, 0.1) is 0 Å². The highest BCUT2D eigenvalue weighted by molar-refractivity contribution is 7.80. The second kappa shape index (κ2) is 6.76. The molecule has 0 saturated carbocycles. The first-order valence-electron chi connectivity index (χ1n) is 7.03. The van der Waals surface area contributed by atoms with Gasteiger partial charge in [0.2, 0.25) is 0 Å². The van der Waals surface area contributed by atoms with Crippen molar-refractivity contribution in [2.45, 2.75) is 6.54 Å². The van der Waals surface area contributed by atoms with Gasteiger partial charge in [0.15, 0.2) is 5.11 Å². The SMILES string of the molecule is NC(=S)N(Cc1ccccc1)NC(=O)c1csc2ccccc12. The summed E-state index contributed by atoms with van der Waals surface area (Å²) in [5.41, 5.74) is 10.2. The third-order valence-electron chi connectivity index (χ3n) is 3.41. The van der Waals surface area contributed by atoms with E-state index in [0.717, 1.165) is 15.6 Å². The molecule has 0 saturated heterocycles. The van der Waals surface area contributed by atoms with Gasteiger partial charge in [-0.3, -0.25) is 15.2 Å². The summed E-state index contributed by atoms with van der Waals surface area (Å²) in [5.74, 6) is -0.216. The van der Waals surface area contributed by atoms with Crippen LogP contribution in [0.15, 0.2) is 60.0 Å². The van der Waals surface area contributed by atoms with Crippen LogP contribution in [0.3, 0.4) is 0 Å². The first-order valence-corrected chi connectivity index (χ1v) is 8.32. The molecule has 0 unspecified atom stereocenters. The number of nitrogens with two attached hydrogens (primary N) is 1. The summed E-state index contributed by atoms with van der Waals surface area (Å²) in [6.07, 6.45) is 0. The summed E-state index contributed by atoms with van der Waals surface area (Å²) in [7, 11) is 0. The zero-order chi connectivity index (χ0) is 16.2. The van der Waals surface area contributed by atoms with Crippen LogP contribution < -0.4 is 11.2 Å². The quantitative estimate of drug-likeness (QED) is 0.567. The number of carbonyl (C=O) groups is 1. The van der Waals surface area contributed by atoms with Crippen molar-refractivity contribution in [3.63, 3.8) is 0 Å². The summed E-state index contributed by atoms with van der Waals surface area (Å²) in [6.45, 7) is 0.421. The molecule has 3 N–H and O–H groups in total. The molecule has 6 heteroatoms. The lowest BCUT2D eigenvalue weighted by molar-refractivity contribution is 0.0868. The number of carbonyl (C=O) groups excluding carboxylic acids is 1.